The molecule has 0 saturated carbocycles. The molecule has 0 heterocycles. The van der Waals surface area contributed by atoms with Crippen LogP contribution in [-0.2, 0) is 17.8 Å². The summed E-state index contributed by atoms with van der Waals surface area (Å²) in [5.41, 5.74) is 5.14. The summed E-state index contributed by atoms with van der Waals surface area (Å²) in [6.45, 7) is 15.3. The molecule has 0 aliphatic carbocycles. The summed E-state index contributed by atoms with van der Waals surface area (Å²) in [6.07, 6.45) is 4.57. The number of nitrogens with two attached hydrogens (primary N) is 1. The van der Waals surface area contributed by atoms with E-state index in [1.165, 1.54) is 24.2 Å². The molecule has 0 spiro atoms. The van der Waals surface area contributed by atoms with Crippen LogP contribution in [0.3, 0.4) is 0 Å². The third-order valence-electron chi connectivity index (χ3n) is 4.69. The normalized spacial score (nSPS) is 14.2. The lowest BCUT2D eigenvalue weighted by Gasteiger charge is -2.25. The van der Waals surface area contributed by atoms with Gasteiger partial charge in [-0.05, 0) is 39.0 Å². The Morgan fingerprint density at radius 2 is 1.32 bits per heavy atom. The van der Waals surface area contributed by atoms with Gasteiger partial charge in [0.1, 0.15) is 19.5 Å². The fraction of sp³-hybridized carbons (Fsp3) is 0.750. The molecule has 0 aliphatic heterocycles. The third kappa shape index (κ3) is 14.8. The smallest absolute Gasteiger partial charge is 0.246 e. The Bertz CT molecular complexity index is 480. The van der Waals surface area contributed by atoms with Gasteiger partial charge in [-0.1, -0.05) is 25.2 Å². The lowest BCUT2D eigenvalue weighted by molar-refractivity contribution is -0.126. The van der Waals surface area contributed by atoms with Crippen molar-refractivity contribution in [2.75, 3.05) is 13.1 Å². The predicted octanol–water partition coefficient (Wildman–Crippen LogP) is -0.488. The third-order valence-corrected chi connectivity index (χ3v) is 30.4. The van der Waals surface area contributed by atoms with Crippen LogP contribution in [0.15, 0.2) is 12.2 Å². The maximum absolute atomic E-state index is 12.5. The molecule has 6 nitrogen and oxygen atoms in total. The number of amides is 2. The summed E-state index contributed by atoms with van der Waals surface area (Å²) in [5.74, 6) is -0.667. The van der Waals surface area contributed by atoms with Gasteiger partial charge in [-0.2, -0.15) is 0 Å². The van der Waals surface area contributed by atoms with Crippen LogP contribution < -0.4 is 5.73 Å². The molecule has 0 unspecified atom stereocenters. The average Bonchev–Trinajstić information content (AvgIpc) is 2.58. The van der Waals surface area contributed by atoms with E-state index >= 15 is 0 Å². The minimum Gasteiger partial charge on any atom is -0.463 e. The highest BCUT2D eigenvalue weighted by molar-refractivity contribution is 7.21. The van der Waals surface area contributed by atoms with Crippen LogP contribution in [-0.4, -0.2) is 83.1 Å². The Morgan fingerprint density at radius 3 is 1.68 bits per heavy atom. The Hall–Kier alpha value is -0.0987. The lowest BCUT2D eigenvalue weighted by Crippen LogP contribution is -2.40. The number of hydrogen-bond donors (Lipinski definition) is 1. The predicted molar refractivity (Wildman–Crippen MR) is 137 cm³/mol. The molecule has 12 heteroatoms. The molecule has 0 radical (unpaired) electrons. The van der Waals surface area contributed by atoms with Crippen LogP contribution in [0.4, 0.5) is 0 Å². The Morgan fingerprint density at radius 1 is 0.893 bits per heavy atom. The second-order valence-electron chi connectivity index (χ2n) is 8.36. The number of carbonyl (C=O) groups is 2. The van der Waals surface area contributed by atoms with Crippen molar-refractivity contribution in [3.63, 3.8) is 0 Å². The minimum absolute atomic E-state index is 0.0930. The van der Waals surface area contributed by atoms with Gasteiger partial charge in [0.25, 0.3) is 0 Å². The first-order valence-electron chi connectivity index (χ1n) is 10.6. The van der Waals surface area contributed by atoms with Crippen molar-refractivity contribution in [1.29, 1.82) is 0 Å². The zero-order chi connectivity index (χ0) is 21.6. The second-order valence-corrected chi connectivity index (χ2v) is 34.5. The van der Waals surface area contributed by atoms with Crippen molar-refractivity contribution >= 4 is 65.1 Å². The van der Waals surface area contributed by atoms with Gasteiger partial charge in [0.15, 0.2) is 15.7 Å². The van der Waals surface area contributed by atoms with Gasteiger partial charge < -0.3 is 18.9 Å². The number of rotatable bonds is 16. The molecular weight excluding hydrogens is 453 g/mol. The van der Waals surface area contributed by atoms with Gasteiger partial charge in [0.2, 0.25) is 11.8 Å². The van der Waals surface area contributed by atoms with E-state index in [9.17, 15) is 9.59 Å². The van der Waals surface area contributed by atoms with Gasteiger partial charge >= 0.3 is 0 Å². The maximum atomic E-state index is 12.5. The summed E-state index contributed by atoms with van der Waals surface area (Å²) < 4.78 is 12.2. The van der Waals surface area contributed by atoms with E-state index in [2.05, 4.69) is 39.3 Å². The maximum Gasteiger partial charge on any atom is 0.246 e. The Balaban J connectivity index is 4.54. The van der Waals surface area contributed by atoms with Crippen LogP contribution >= 0.6 is 0 Å². The fourth-order valence-electron chi connectivity index (χ4n) is 3.22. The van der Waals surface area contributed by atoms with E-state index in [4.69, 9.17) is 14.0 Å². The second kappa shape index (κ2) is 14.8. The topological polar surface area (TPSA) is 81.9 Å². The molecule has 0 aliphatic rings. The monoisotopic (exact) mass is 494 g/mol. The van der Waals surface area contributed by atoms with Gasteiger partial charge in [0, 0.05) is 43.3 Å². The number of nitrogens with zero attached hydrogens (tertiary/aromatic N) is 1. The highest BCUT2D eigenvalue weighted by atomic mass is 29.2. The molecule has 0 rings (SSSR count). The minimum atomic E-state index is -1.37. The van der Waals surface area contributed by atoms with Crippen molar-refractivity contribution in [2.24, 2.45) is 5.73 Å². The van der Waals surface area contributed by atoms with Crippen LogP contribution in [0.2, 0.25) is 51.4 Å². The van der Waals surface area contributed by atoms with E-state index in [1.807, 2.05) is 4.90 Å². The van der Waals surface area contributed by atoms with Crippen LogP contribution in [0.5, 0.6) is 0 Å². The summed E-state index contributed by atoms with van der Waals surface area (Å²) in [7, 11) is -3.76. The molecule has 0 atom stereocenters. The first-order valence-corrected chi connectivity index (χ1v) is 27.0. The quantitative estimate of drug-likeness (QED) is 0.178. The molecular formula is C16H42N2O4Si6. The van der Waals surface area contributed by atoms with Crippen molar-refractivity contribution in [1.82, 2.24) is 4.90 Å². The average molecular weight is 495 g/mol. The van der Waals surface area contributed by atoms with Crippen molar-refractivity contribution in [2.45, 2.75) is 64.2 Å². The van der Waals surface area contributed by atoms with E-state index in [-0.39, 0.29) is 43.5 Å². The van der Waals surface area contributed by atoms with Gasteiger partial charge in [-0.25, -0.2) is 0 Å². The van der Waals surface area contributed by atoms with Gasteiger partial charge in [-0.15, -0.1) is 0 Å². The van der Waals surface area contributed by atoms with Gasteiger partial charge in [0.05, 0.1) is 0 Å². The summed E-state index contributed by atoms with van der Waals surface area (Å²) in [6, 6.07) is 2.45. The lowest BCUT2D eigenvalue weighted by atomic mass is 10.3. The molecule has 2 amide bonds. The summed E-state index contributed by atoms with van der Waals surface area (Å²) in [4.78, 5) is 25.3. The summed E-state index contributed by atoms with van der Waals surface area (Å²) in [5, 5.41) is 0. The van der Waals surface area contributed by atoms with Crippen molar-refractivity contribution in [3.05, 3.63) is 12.2 Å². The van der Waals surface area contributed by atoms with Crippen LogP contribution in [0.1, 0.15) is 12.8 Å². The van der Waals surface area contributed by atoms with Crippen molar-refractivity contribution < 1.29 is 17.8 Å². The van der Waals surface area contributed by atoms with E-state index < -0.39 is 21.6 Å². The SMILES string of the molecule is C[SiH2]O[Si](C)(C)[SiH2]CCCN(CCC[SiH2][Si](C)(C)O[SiH2]C)C(=O)C=CC(N)=O. The van der Waals surface area contributed by atoms with Crippen molar-refractivity contribution in [3.8, 4) is 0 Å². The van der Waals surface area contributed by atoms with Crippen LogP contribution in [0, 0.1) is 0 Å². The van der Waals surface area contributed by atoms with E-state index in [0.717, 1.165) is 25.9 Å². The summed E-state index contributed by atoms with van der Waals surface area (Å²) >= 11 is 0. The molecule has 0 aromatic heterocycles. The molecule has 0 aromatic rings. The molecule has 0 fully saturated rings. The highest BCUT2D eigenvalue weighted by Gasteiger charge is 2.22. The number of primary amides is 1. The number of hydrogen-bond acceptors (Lipinski definition) is 4. The van der Waals surface area contributed by atoms with E-state index in [0.29, 0.717) is 0 Å². The molecule has 0 aromatic carbocycles. The van der Waals surface area contributed by atoms with E-state index in [1.54, 1.807) is 0 Å². The standard InChI is InChI=1S/C16H42N2O4Si6/c1-23-21-27(3,4)25-13-7-11-18(16(20)10-9-15(17)19)12-8-14-26-28(5,6)22-24-2/h9-10H,7-8,11-14,23-26H2,1-6H3,(H2,17,19). The molecule has 164 valence electrons. The zero-order valence-corrected chi connectivity index (χ0v) is 26.5. The van der Waals surface area contributed by atoms with Gasteiger partial charge in [-0.3, -0.25) is 9.59 Å². The van der Waals surface area contributed by atoms with Crippen LogP contribution in [0.25, 0.3) is 0 Å². The molecule has 2 N–H and O–H groups in total. The molecule has 28 heavy (non-hydrogen) atoms. The first kappa shape index (κ1) is 27.9. The highest BCUT2D eigenvalue weighted by Crippen LogP contribution is 2.09. The Kier molecular flexibility index (Phi) is 14.8. The first-order chi connectivity index (χ1) is 13.0. The number of carbonyl (C=O) groups excluding carboxylic acids is 2. The largest absolute Gasteiger partial charge is 0.463 e. The Labute approximate surface area is 182 Å². The molecule has 0 saturated heterocycles. The zero-order valence-electron chi connectivity index (χ0n) is 18.9. The molecule has 0 bridgehead atoms. The fourth-order valence-corrected chi connectivity index (χ4v) is 26.2.